The molecular formula is C24H40N2O6Si. The van der Waals surface area contributed by atoms with Gasteiger partial charge in [0.1, 0.15) is 13.2 Å². The second kappa shape index (κ2) is 10.2. The summed E-state index contributed by atoms with van der Waals surface area (Å²) in [5, 5.41) is 0. The summed E-state index contributed by atoms with van der Waals surface area (Å²) in [5.74, 6) is -0.318. The Labute approximate surface area is 198 Å². The minimum Gasteiger partial charge on any atom is -0.447 e. The van der Waals surface area contributed by atoms with Gasteiger partial charge in [0.15, 0.2) is 0 Å². The van der Waals surface area contributed by atoms with Gasteiger partial charge in [-0.25, -0.2) is 14.5 Å². The summed E-state index contributed by atoms with van der Waals surface area (Å²) in [7, 11) is -1.98. The first kappa shape index (κ1) is 25.7. The summed E-state index contributed by atoms with van der Waals surface area (Å²) in [6.07, 6.45) is 1.42. The Morgan fingerprint density at radius 2 is 1.73 bits per heavy atom. The zero-order valence-corrected chi connectivity index (χ0v) is 22.1. The molecule has 0 N–H and O–H groups in total. The first-order chi connectivity index (χ1) is 15.5. The molecule has 186 valence electrons. The van der Waals surface area contributed by atoms with Gasteiger partial charge in [0.05, 0.1) is 19.2 Å². The molecule has 3 rings (SSSR count). The Morgan fingerprint density at radius 1 is 1.09 bits per heavy atom. The van der Waals surface area contributed by atoms with Crippen molar-refractivity contribution < 1.29 is 28.3 Å². The van der Waals surface area contributed by atoms with Crippen molar-refractivity contribution in [3.63, 3.8) is 0 Å². The predicted molar refractivity (Wildman–Crippen MR) is 127 cm³/mol. The first-order valence-corrected chi connectivity index (χ1v) is 14.4. The van der Waals surface area contributed by atoms with Crippen molar-refractivity contribution >= 4 is 26.4 Å². The van der Waals surface area contributed by atoms with Gasteiger partial charge in [-0.2, -0.15) is 0 Å². The van der Waals surface area contributed by atoms with Crippen LogP contribution >= 0.6 is 0 Å². The molecule has 0 saturated carbocycles. The molecule has 9 heteroatoms. The number of carbonyl (C=O) groups excluding carboxylic acids is 3. The molecule has 3 fully saturated rings. The molecule has 0 spiro atoms. The summed E-state index contributed by atoms with van der Waals surface area (Å²) in [6, 6.07) is -0.148. The molecule has 0 bridgehead atoms. The molecule has 0 unspecified atom stereocenters. The number of cyclic esters (lactones) is 2. The van der Waals surface area contributed by atoms with E-state index in [0.717, 1.165) is 5.57 Å². The van der Waals surface area contributed by atoms with Gasteiger partial charge >= 0.3 is 12.2 Å². The smallest absolute Gasteiger partial charge is 0.416 e. The van der Waals surface area contributed by atoms with E-state index in [4.69, 9.17) is 13.9 Å². The van der Waals surface area contributed by atoms with Crippen molar-refractivity contribution in [3.05, 3.63) is 11.6 Å². The molecule has 3 heterocycles. The number of nitrogens with zero attached hydrogens (tertiary/aromatic N) is 2. The Bertz CT molecular complexity index is 774. The second-order valence-electron chi connectivity index (χ2n) is 10.5. The summed E-state index contributed by atoms with van der Waals surface area (Å²) in [4.78, 5) is 39.9. The number of amides is 3. The van der Waals surface area contributed by atoms with E-state index in [1.165, 1.54) is 4.90 Å². The largest absolute Gasteiger partial charge is 0.447 e. The molecule has 0 aromatic rings. The summed E-state index contributed by atoms with van der Waals surface area (Å²) in [6.45, 7) is 17.5. The van der Waals surface area contributed by atoms with Crippen LogP contribution in [0, 0.1) is 11.8 Å². The van der Waals surface area contributed by atoms with Gasteiger partial charge in [-0.1, -0.05) is 53.2 Å². The lowest BCUT2D eigenvalue weighted by Crippen LogP contribution is -2.47. The van der Waals surface area contributed by atoms with Crippen LogP contribution < -0.4 is 0 Å². The maximum atomic E-state index is 12.9. The normalized spacial score (nSPS) is 26.0. The van der Waals surface area contributed by atoms with E-state index >= 15 is 0 Å². The molecule has 3 aliphatic rings. The highest BCUT2D eigenvalue weighted by Gasteiger charge is 2.50. The minimum atomic E-state index is -1.98. The Kier molecular flexibility index (Phi) is 7.94. The Balaban J connectivity index is 1.75. The Hall–Kier alpha value is -1.87. The van der Waals surface area contributed by atoms with E-state index < -0.39 is 14.4 Å². The zero-order valence-electron chi connectivity index (χ0n) is 21.1. The predicted octanol–water partition coefficient (Wildman–Crippen LogP) is 4.56. The lowest BCUT2D eigenvalue weighted by molar-refractivity contribution is -0.129. The van der Waals surface area contributed by atoms with Crippen molar-refractivity contribution in [2.75, 3.05) is 32.9 Å². The quantitative estimate of drug-likeness (QED) is 0.355. The fraction of sp³-hybridized carbons (Fsp3) is 0.792. The first-order valence-electron chi connectivity index (χ1n) is 12.2. The number of hydrogen-bond donors (Lipinski definition) is 0. The number of fused-ring (bicyclic) bond motifs is 1. The third-order valence-corrected chi connectivity index (χ3v) is 14.0. The highest BCUT2D eigenvalue weighted by molar-refractivity contribution is 6.77. The van der Waals surface area contributed by atoms with E-state index in [1.54, 1.807) is 4.90 Å². The van der Waals surface area contributed by atoms with Crippen LogP contribution in [0.1, 0.15) is 54.9 Å². The molecule has 3 aliphatic heterocycles. The zero-order chi connectivity index (χ0) is 24.5. The number of carbonyl (C=O) groups is 3. The molecule has 3 saturated heterocycles. The van der Waals surface area contributed by atoms with Crippen LogP contribution in [0.5, 0.6) is 0 Å². The molecule has 0 radical (unpaired) electrons. The van der Waals surface area contributed by atoms with Crippen LogP contribution in [-0.2, 0) is 18.7 Å². The monoisotopic (exact) mass is 480 g/mol. The van der Waals surface area contributed by atoms with Crippen LogP contribution in [0.3, 0.4) is 0 Å². The second-order valence-corrected chi connectivity index (χ2v) is 16.0. The average molecular weight is 481 g/mol. The SMILES string of the molecule is C/C(=C/CO[Si](C(C)C)(C(C)C)C(C)C)[C@@H]1CN2C(=O)OC[C@@H]2[C@@H]1CC(=O)N1CCOC1=O. The van der Waals surface area contributed by atoms with Gasteiger partial charge in [0, 0.05) is 18.9 Å². The van der Waals surface area contributed by atoms with E-state index in [9.17, 15) is 14.4 Å². The minimum absolute atomic E-state index is 0.0299. The van der Waals surface area contributed by atoms with E-state index in [2.05, 4.69) is 54.5 Å². The number of ether oxygens (including phenoxy) is 2. The van der Waals surface area contributed by atoms with Gasteiger partial charge in [0.25, 0.3) is 0 Å². The van der Waals surface area contributed by atoms with Crippen LogP contribution in [0.25, 0.3) is 0 Å². The molecule has 3 amide bonds. The number of imide groups is 1. The number of rotatable bonds is 9. The lowest BCUT2D eigenvalue weighted by Gasteiger charge is -2.42. The molecule has 8 nitrogen and oxygen atoms in total. The highest BCUT2D eigenvalue weighted by Crippen LogP contribution is 2.43. The average Bonchev–Trinajstić information content (AvgIpc) is 3.41. The highest BCUT2D eigenvalue weighted by atomic mass is 28.4. The van der Waals surface area contributed by atoms with Crippen molar-refractivity contribution in [1.82, 2.24) is 9.80 Å². The molecular weight excluding hydrogens is 440 g/mol. The van der Waals surface area contributed by atoms with E-state index in [-0.39, 0.29) is 56.1 Å². The van der Waals surface area contributed by atoms with Crippen molar-refractivity contribution in [1.29, 1.82) is 0 Å². The van der Waals surface area contributed by atoms with E-state index in [0.29, 0.717) is 29.8 Å². The molecule has 0 aromatic heterocycles. The summed E-state index contributed by atoms with van der Waals surface area (Å²) in [5.41, 5.74) is 2.63. The van der Waals surface area contributed by atoms with Gasteiger partial charge in [-0.3, -0.25) is 4.79 Å². The fourth-order valence-electron chi connectivity index (χ4n) is 6.31. The molecule has 0 aliphatic carbocycles. The van der Waals surface area contributed by atoms with Crippen LogP contribution in [0.2, 0.25) is 16.6 Å². The topological polar surface area (TPSA) is 85.4 Å². The molecule has 33 heavy (non-hydrogen) atoms. The molecule has 0 aromatic carbocycles. The lowest BCUT2D eigenvalue weighted by atomic mass is 9.83. The number of hydrogen-bond acceptors (Lipinski definition) is 6. The van der Waals surface area contributed by atoms with Gasteiger partial charge in [-0.15, -0.1) is 0 Å². The van der Waals surface area contributed by atoms with Crippen LogP contribution in [0.15, 0.2) is 11.6 Å². The Morgan fingerprint density at radius 3 is 2.27 bits per heavy atom. The van der Waals surface area contributed by atoms with Gasteiger partial charge in [-0.05, 0) is 29.5 Å². The van der Waals surface area contributed by atoms with Crippen LogP contribution in [0.4, 0.5) is 9.59 Å². The van der Waals surface area contributed by atoms with Crippen molar-refractivity contribution in [2.45, 2.75) is 77.6 Å². The van der Waals surface area contributed by atoms with Gasteiger partial charge in [0.2, 0.25) is 14.2 Å². The third-order valence-electron chi connectivity index (χ3n) is 7.92. The van der Waals surface area contributed by atoms with Crippen LogP contribution in [-0.4, -0.2) is 75.2 Å². The summed E-state index contributed by atoms with van der Waals surface area (Å²) < 4.78 is 16.9. The van der Waals surface area contributed by atoms with Crippen molar-refractivity contribution in [3.8, 4) is 0 Å². The van der Waals surface area contributed by atoms with Gasteiger partial charge < -0.3 is 18.8 Å². The maximum Gasteiger partial charge on any atom is 0.416 e. The van der Waals surface area contributed by atoms with Crippen molar-refractivity contribution in [2.24, 2.45) is 11.8 Å². The molecule has 3 atom stereocenters. The fourth-order valence-corrected chi connectivity index (χ4v) is 11.7. The maximum absolute atomic E-state index is 12.9. The standard InChI is InChI=1S/C24H40N2O6Si/c1-15(2)33(16(3)4,17(5)6)32-10-8-18(7)20-13-26-21(14-31-24(26)29)19(20)12-22(27)25-9-11-30-23(25)28/h8,15-17,19-21H,9-14H2,1-7H3/b18-8-/t19-,20+,21-/m1/s1. The summed E-state index contributed by atoms with van der Waals surface area (Å²) >= 11 is 0. The van der Waals surface area contributed by atoms with E-state index in [1.807, 2.05) is 0 Å². The third kappa shape index (κ3) is 4.85.